The molecule has 0 saturated heterocycles. The van der Waals surface area contributed by atoms with Crippen LogP contribution in [-0.4, -0.2) is 44.8 Å². The molecule has 2 amide bonds. The number of nitrogens with one attached hydrogen (secondary N) is 3. The fraction of sp³-hybridized carbons (Fsp3) is 0.150. The van der Waals surface area contributed by atoms with E-state index >= 15 is 0 Å². The van der Waals surface area contributed by atoms with E-state index in [9.17, 15) is 9.59 Å². The highest BCUT2D eigenvalue weighted by atomic mass is 32.2. The van der Waals surface area contributed by atoms with E-state index in [-0.39, 0.29) is 17.6 Å². The number of amides is 2. The minimum absolute atomic E-state index is 0.134. The fourth-order valence-corrected chi connectivity index (χ4v) is 3.48. The van der Waals surface area contributed by atoms with Gasteiger partial charge in [-0.3, -0.25) is 9.59 Å². The summed E-state index contributed by atoms with van der Waals surface area (Å²) in [5.41, 5.74) is 3.43. The Balaban J connectivity index is 1.41. The third kappa shape index (κ3) is 4.33. The lowest BCUT2D eigenvalue weighted by Crippen LogP contribution is -2.14. The molecule has 4 aromatic rings. The zero-order chi connectivity index (χ0) is 21.1. The second kappa shape index (κ2) is 8.37. The van der Waals surface area contributed by atoms with Crippen LogP contribution in [0.5, 0.6) is 5.75 Å². The Hall–Kier alpha value is -3.66. The minimum atomic E-state index is -0.197. The van der Waals surface area contributed by atoms with Crippen molar-refractivity contribution in [3.05, 3.63) is 42.5 Å². The Labute approximate surface area is 175 Å². The number of anilines is 2. The number of rotatable bonds is 6. The van der Waals surface area contributed by atoms with Crippen LogP contribution >= 0.6 is 11.8 Å². The van der Waals surface area contributed by atoms with Gasteiger partial charge >= 0.3 is 0 Å². The fourth-order valence-electron chi connectivity index (χ4n) is 2.89. The first-order valence-electron chi connectivity index (χ1n) is 9.02. The smallest absolute Gasteiger partial charge is 0.234 e. The number of fused-ring (bicyclic) bond motifs is 3. The van der Waals surface area contributed by atoms with Gasteiger partial charge < -0.3 is 20.4 Å². The van der Waals surface area contributed by atoms with E-state index in [0.29, 0.717) is 27.7 Å². The number of hydrogen-bond acceptors (Lipinski definition) is 7. The monoisotopic (exact) mass is 422 g/mol. The van der Waals surface area contributed by atoms with Crippen LogP contribution in [0.3, 0.4) is 0 Å². The molecule has 0 radical (unpaired) electrons. The van der Waals surface area contributed by atoms with Crippen LogP contribution in [0.25, 0.3) is 22.1 Å². The molecule has 10 heteroatoms. The molecule has 9 nitrogen and oxygen atoms in total. The van der Waals surface area contributed by atoms with Gasteiger partial charge in [-0.25, -0.2) is 4.98 Å². The summed E-state index contributed by atoms with van der Waals surface area (Å²) in [6.07, 6.45) is 0. The largest absolute Gasteiger partial charge is 0.497 e. The van der Waals surface area contributed by atoms with Crippen molar-refractivity contribution in [2.45, 2.75) is 12.1 Å². The van der Waals surface area contributed by atoms with Crippen molar-refractivity contribution in [1.29, 1.82) is 0 Å². The van der Waals surface area contributed by atoms with E-state index in [1.54, 1.807) is 31.4 Å². The van der Waals surface area contributed by atoms with Crippen molar-refractivity contribution in [1.82, 2.24) is 20.2 Å². The molecule has 0 atom stereocenters. The Bertz CT molecular complexity index is 1240. The summed E-state index contributed by atoms with van der Waals surface area (Å²) in [5, 5.41) is 15.1. The van der Waals surface area contributed by atoms with Crippen LogP contribution in [-0.2, 0) is 9.59 Å². The Morgan fingerprint density at radius 2 is 1.80 bits per heavy atom. The summed E-state index contributed by atoms with van der Waals surface area (Å²) in [7, 11) is 1.61. The van der Waals surface area contributed by atoms with Gasteiger partial charge in [0.15, 0.2) is 5.65 Å². The lowest BCUT2D eigenvalue weighted by Gasteiger charge is -2.06. The number of aromatic amines is 1. The molecular formula is C20H18N6O3S. The molecule has 0 aliphatic carbocycles. The molecule has 2 aromatic heterocycles. The number of aromatic nitrogens is 4. The van der Waals surface area contributed by atoms with Crippen molar-refractivity contribution in [2.75, 3.05) is 23.5 Å². The molecule has 0 aliphatic rings. The highest BCUT2D eigenvalue weighted by Crippen LogP contribution is 2.27. The molecule has 0 spiro atoms. The molecule has 0 unspecified atom stereocenters. The predicted octanol–water partition coefficient (Wildman–Crippen LogP) is 3.20. The summed E-state index contributed by atoms with van der Waals surface area (Å²) in [6.45, 7) is 1.44. The molecule has 152 valence electrons. The van der Waals surface area contributed by atoms with Gasteiger partial charge in [0, 0.05) is 29.2 Å². The number of ether oxygens (including phenoxy) is 1. The number of carbonyl (C=O) groups excluding carboxylic acids is 2. The van der Waals surface area contributed by atoms with Gasteiger partial charge in [-0.05, 0) is 42.5 Å². The second-order valence-electron chi connectivity index (χ2n) is 6.42. The summed E-state index contributed by atoms with van der Waals surface area (Å²) >= 11 is 1.19. The van der Waals surface area contributed by atoms with Crippen molar-refractivity contribution < 1.29 is 14.3 Å². The zero-order valence-electron chi connectivity index (χ0n) is 16.2. The maximum absolute atomic E-state index is 12.2. The molecule has 0 fully saturated rings. The van der Waals surface area contributed by atoms with Gasteiger partial charge in [-0.1, -0.05) is 11.8 Å². The average Bonchev–Trinajstić information content (AvgIpc) is 3.10. The van der Waals surface area contributed by atoms with E-state index < -0.39 is 0 Å². The standard InChI is InChI=1S/C20H18N6O3S/c1-11(27)21-12-3-5-13(6-4-12)22-17(28)10-30-20-24-19-18(25-26-20)15-9-14(29-2)7-8-16(15)23-19/h3-9H,10H2,1-2H3,(H,21,27)(H,22,28)(H,23,24,26). The maximum Gasteiger partial charge on any atom is 0.234 e. The van der Waals surface area contributed by atoms with Gasteiger partial charge in [-0.2, -0.15) is 0 Å². The van der Waals surface area contributed by atoms with Gasteiger partial charge in [-0.15, -0.1) is 10.2 Å². The van der Waals surface area contributed by atoms with Gasteiger partial charge in [0.25, 0.3) is 0 Å². The number of nitrogens with zero attached hydrogens (tertiary/aromatic N) is 3. The lowest BCUT2D eigenvalue weighted by molar-refractivity contribution is -0.114. The highest BCUT2D eigenvalue weighted by molar-refractivity contribution is 7.99. The van der Waals surface area contributed by atoms with E-state index in [1.165, 1.54) is 18.7 Å². The van der Waals surface area contributed by atoms with E-state index in [2.05, 4.69) is 30.8 Å². The van der Waals surface area contributed by atoms with Crippen molar-refractivity contribution >= 4 is 57.0 Å². The molecule has 0 aliphatic heterocycles. The molecule has 0 bridgehead atoms. The molecular weight excluding hydrogens is 404 g/mol. The highest BCUT2D eigenvalue weighted by Gasteiger charge is 2.12. The third-order valence-electron chi connectivity index (χ3n) is 4.22. The Morgan fingerprint density at radius 3 is 2.50 bits per heavy atom. The van der Waals surface area contributed by atoms with Crippen LogP contribution in [0.4, 0.5) is 11.4 Å². The second-order valence-corrected chi connectivity index (χ2v) is 7.37. The minimum Gasteiger partial charge on any atom is -0.497 e. The average molecular weight is 422 g/mol. The number of hydrogen-bond donors (Lipinski definition) is 3. The summed E-state index contributed by atoms with van der Waals surface area (Å²) in [5.74, 6) is 0.514. The number of carbonyl (C=O) groups is 2. The van der Waals surface area contributed by atoms with Crippen LogP contribution in [0.1, 0.15) is 6.92 Å². The topological polar surface area (TPSA) is 122 Å². The van der Waals surface area contributed by atoms with Gasteiger partial charge in [0.1, 0.15) is 11.3 Å². The molecule has 3 N–H and O–H groups in total. The normalized spacial score (nSPS) is 10.9. The molecule has 4 rings (SSSR count). The summed E-state index contributed by atoms with van der Waals surface area (Å²) in [4.78, 5) is 30.9. The number of H-pyrrole nitrogens is 1. The first-order valence-corrected chi connectivity index (χ1v) is 10.0. The van der Waals surface area contributed by atoms with E-state index in [4.69, 9.17) is 4.74 Å². The third-order valence-corrected chi connectivity index (χ3v) is 5.06. The quantitative estimate of drug-likeness (QED) is 0.408. The molecule has 0 saturated carbocycles. The van der Waals surface area contributed by atoms with Crippen LogP contribution in [0.15, 0.2) is 47.6 Å². The number of benzene rings is 2. The molecule has 2 aromatic carbocycles. The number of thioether (sulfide) groups is 1. The van der Waals surface area contributed by atoms with E-state index in [0.717, 1.165) is 16.7 Å². The van der Waals surface area contributed by atoms with Gasteiger partial charge in [0.2, 0.25) is 17.0 Å². The first kappa shape index (κ1) is 19.6. The maximum atomic E-state index is 12.2. The van der Waals surface area contributed by atoms with Crippen molar-refractivity contribution in [3.63, 3.8) is 0 Å². The lowest BCUT2D eigenvalue weighted by atomic mass is 10.2. The van der Waals surface area contributed by atoms with Crippen molar-refractivity contribution in [2.24, 2.45) is 0 Å². The predicted molar refractivity (Wildman–Crippen MR) is 116 cm³/mol. The SMILES string of the molecule is COc1ccc2[nH]c3nc(SCC(=O)Nc4ccc(NC(C)=O)cc4)nnc3c2c1. The van der Waals surface area contributed by atoms with Crippen LogP contribution < -0.4 is 15.4 Å². The Kier molecular flexibility index (Phi) is 5.48. The number of methoxy groups -OCH3 is 1. The molecule has 30 heavy (non-hydrogen) atoms. The van der Waals surface area contributed by atoms with Crippen molar-refractivity contribution in [3.8, 4) is 5.75 Å². The zero-order valence-corrected chi connectivity index (χ0v) is 17.0. The van der Waals surface area contributed by atoms with Crippen LogP contribution in [0.2, 0.25) is 0 Å². The summed E-state index contributed by atoms with van der Waals surface area (Å²) < 4.78 is 5.25. The molecule has 2 heterocycles. The van der Waals surface area contributed by atoms with E-state index in [1.807, 2.05) is 18.2 Å². The Morgan fingerprint density at radius 1 is 1.07 bits per heavy atom. The summed E-state index contributed by atoms with van der Waals surface area (Å²) in [6, 6.07) is 12.5. The van der Waals surface area contributed by atoms with Gasteiger partial charge in [0.05, 0.1) is 12.9 Å². The van der Waals surface area contributed by atoms with Crippen LogP contribution in [0, 0.1) is 0 Å². The first-order chi connectivity index (χ1) is 14.5.